The van der Waals surface area contributed by atoms with Gasteiger partial charge in [0.25, 0.3) is 0 Å². The van der Waals surface area contributed by atoms with Gasteiger partial charge in [0.1, 0.15) is 5.52 Å². The first-order valence-corrected chi connectivity index (χ1v) is 20.1. The molecule has 6 heteroatoms. The number of rotatable bonds is 5. The highest BCUT2D eigenvalue weighted by Gasteiger charge is 2.17. The molecule has 0 spiro atoms. The van der Waals surface area contributed by atoms with Crippen molar-refractivity contribution in [2.45, 2.75) is 0 Å². The third-order valence-corrected chi connectivity index (χ3v) is 12.3. The SMILES string of the molecule is c1ccc(-c2nc(-c3ccccc3)nc(-c3ccc4sc5ccc(-c6ccc7c(ccc8ccc9ccc%10oc(-c%11ccccc%11)nc%10c9c87)c6)cc5c4c3)n2)cc1. The number of thiophene rings is 1. The molecule has 0 aliphatic carbocycles. The zero-order valence-corrected chi connectivity index (χ0v) is 31.7. The maximum Gasteiger partial charge on any atom is 0.227 e. The quantitative estimate of drug-likeness (QED) is 0.164. The van der Waals surface area contributed by atoms with Crippen LogP contribution >= 0.6 is 11.3 Å². The molecule has 0 saturated carbocycles. The van der Waals surface area contributed by atoms with Crippen LogP contribution in [-0.2, 0) is 0 Å². The van der Waals surface area contributed by atoms with E-state index in [1.807, 2.05) is 108 Å². The van der Waals surface area contributed by atoms with E-state index in [1.54, 1.807) is 0 Å². The van der Waals surface area contributed by atoms with Crippen molar-refractivity contribution in [2.24, 2.45) is 0 Å². The maximum atomic E-state index is 6.32. The van der Waals surface area contributed by atoms with Gasteiger partial charge in [-0.1, -0.05) is 127 Å². The molecule has 0 aliphatic heterocycles. The summed E-state index contributed by atoms with van der Waals surface area (Å²) in [4.78, 5) is 20.0. The van der Waals surface area contributed by atoms with E-state index < -0.39 is 0 Å². The summed E-state index contributed by atoms with van der Waals surface area (Å²) in [7, 11) is 0. The number of benzene rings is 9. The Hall–Kier alpha value is -7.54. The Morgan fingerprint density at radius 2 is 0.845 bits per heavy atom. The minimum atomic E-state index is 0.633. The third kappa shape index (κ3) is 5.38. The number of aromatic nitrogens is 4. The molecule has 3 aromatic heterocycles. The molecule has 0 atom stereocenters. The molecule has 0 bridgehead atoms. The van der Waals surface area contributed by atoms with Gasteiger partial charge in [0.05, 0.1) is 0 Å². The van der Waals surface area contributed by atoms with Gasteiger partial charge in [-0.25, -0.2) is 19.9 Å². The Morgan fingerprint density at radius 3 is 1.50 bits per heavy atom. The molecule has 0 amide bonds. The lowest BCUT2D eigenvalue weighted by atomic mass is 9.93. The Bertz CT molecular complexity index is 3500. The first-order chi connectivity index (χ1) is 28.7. The summed E-state index contributed by atoms with van der Waals surface area (Å²) in [6, 6.07) is 63.6. The summed E-state index contributed by atoms with van der Waals surface area (Å²) in [5.41, 5.74) is 7.84. The van der Waals surface area contributed by atoms with Gasteiger partial charge in [0.2, 0.25) is 5.89 Å². The van der Waals surface area contributed by atoms with Crippen molar-refractivity contribution in [2.75, 3.05) is 0 Å². The van der Waals surface area contributed by atoms with Crippen molar-refractivity contribution >= 4 is 74.9 Å². The molecule has 58 heavy (non-hydrogen) atoms. The monoisotopic (exact) mass is 758 g/mol. The molecular formula is C52H30N4OS. The van der Waals surface area contributed by atoms with E-state index in [4.69, 9.17) is 24.4 Å². The Morgan fingerprint density at radius 1 is 0.345 bits per heavy atom. The van der Waals surface area contributed by atoms with Crippen LogP contribution in [0.3, 0.4) is 0 Å². The third-order valence-electron chi connectivity index (χ3n) is 11.1. The molecule has 270 valence electrons. The average molecular weight is 759 g/mol. The van der Waals surface area contributed by atoms with Crippen molar-refractivity contribution in [3.8, 4) is 56.7 Å². The topological polar surface area (TPSA) is 64.7 Å². The number of hydrogen-bond acceptors (Lipinski definition) is 6. The first kappa shape index (κ1) is 32.7. The second-order valence-corrected chi connectivity index (χ2v) is 15.7. The van der Waals surface area contributed by atoms with Gasteiger partial charge in [0, 0.05) is 47.8 Å². The number of hydrogen-bond donors (Lipinski definition) is 0. The summed E-state index contributed by atoms with van der Waals surface area (Å²) >= 11 is 1.81. The summed E-state index contributed by atoms with van der Waals surface area (Å²) < 4.78 is 8.79. The fourth-order valence-corrected chi connectivity index (χ4v) is 9.34. The summed E-state index contributed by atoms with van der Waals surface area (Å²) in [6.45, 7) is 0. The molecule has 3 heterocycles. The molecule has 0 N–H and O–H groups in total. The normalized spacial score (nSPS) is 11.8. The van der Waals surface area contributed by atoms with Gasteiger partial charge in [-0.3, -0.25) is 0 Å². The molecule has 0 radical (unpaired) electrons. The van der Waals surface area contributed by atoms with Crippen molar-refractivity contribution in [1.82, 2.24) is 19.9 Å². The van der Waals surface area contributed by atoms with Crippen LogP contribution in [0.15, 0.2) is 186 Å². The summed E-state index contributed by atoms with van der Waals surface area (Å²) in [5, 5.41) is 9.40. The molecule has 12 aromatic rings. The van der Waals surface area contributed by atoms with E-state index in [-0.39, 0.29) is 0 Å². The van der Waals surface area contributed by atoms with Crippen molar-refractivity contribution in [3.63, 3.8) is 0 Å². The van der Waals surface area contributed by atoms with Crippen LogP contribution in [0, 0.1) is 0 Å². The highest BCUT2D eigenvalue weighted by molar-refractivity contribution is 7.25. The molecule has 12 rings (SSSR count). The van der Waals surface area contributed by atoms with E-state index in [0.717, 1.165) is 44.1 Å². The van der Waals surface area contributed by atoms with Crippen LogP contribution in [0.5, 0.6) is 0 Å². The molecular weight excluding hydrogens is 729 g/mol. The van der Waals surface area contributed by atoms with E-state index in [2.05, 4.69) is 84.9 Å². The highest BCUT2D eigenvalue weighted by atomic mass is 32.1. The fraction of sp³-hybridized carbons (Fsp3) is 0. The maximum absolute atomic E-state index is 6.32. The summed E-state index contributed by atoms with van der Waals surface area (Å²) in [5.74, 6) is 2.59. The fourth-order valence-electron chi connectivity index (χ4n) is 8.27. The molecule has 5 nitrogen and oxygen atoms in total. The van der Waals surface area contributed by atoms with E-state index in [9.17, 15) is 0 Å². The van der Waals surface area contributed by atoms with Crippen LogP contribution < -0.4 is 0 Å². The van der Waals surface area contributed by atoms with E-state index in [0.29, 0.717) is 23.4 Å². The Balaban J connectivity index is 0.980. The van der Waals surface area contributed by atoms with Gasteiger partial charge in [-0.05, 0) is 92.7 Å². The molecule has 0 aliphatic rings. The summed E-state index contributed by atoms with van der Waals surface area (Å²) in [6.07, 6.45) is 0. The van der Waals surface area contributed by atoms with Crippen molar-refractivity contribution < 1.29 is 4.42 Å². The minimum absolute atomic E-state index is 0.633. The standard InChI is InChI=1S/C52H30N4OS/c1-4-10-33(11-5-1)49-54-50(34-12-6-2-7-13-34)56-51(55-49)39-23-27-45-42(30-39)41-29-37(22-26-44(41)58-45)36-20-24-40-38(28-36)19-18-31-16-17-32-21-25-43-48(47(32)46(31)40)53-52(57-43)35-14-8-3-9-15-35/h1-30H. The van der Waals surface area contributed by atoms with Gasteiger partial charge in [-0.15, -0.1) is 11.3 Å². The van der Waals surface area contributed by atoms with Gasteiger partial charge in [0.15, 0.2) is 23.1 Å². The zero-order chi connectivity index (χ0) is 38.2. The number of fused-ring (bicyclic) bond motifs is 10. The largest absolute Gasteiger partial charge is 0.436 e. The first-order valence-electron chi connectivity index (χ1n) is 19.3. The number of oxazole rings is 1. The molecule has 0 unspecified atom stereocenters. The van der Waals surface area contributed by atoms with Gasteiger partial charge in [-0.2, -0.15) is 0 Å². The van der Waals surface area contributed by atoms with Gasteiger partial charge < -0.3 is 4.42 Å². The Labute approximate surface area is 336 Å². The van der Waals surface area contributed by atoms with E-state index >= 15 is 0 Å². The lowest BCUT2D eigenvalue weighted by molar-refractivity contribution is 0.620. The minimum Gasteiger partial charge on any atom is -0.436 e. The van der Waals surface area contributed by atoms with Crippen LogP contribution in [0.4, 0.5) is 0 Å². The van der Waals surface area contributed by atoms with Crippen LogP contribution in [-0.4, -0.2) is 19.9 Å². The smallest absolute Gasteiger partial charge is 0.227 e. The van der Waals surface area contributed by atoms with Crippen molar-refractivity contribution in [1.29, 1.82) is 0 Å². The second-order valence-electron chi connectivity index (χ2n) is 14.6. The highest BCUT2D eigenvalue weighted by Crippen LogP contribution is 2.41. The van der Waals surface area contributed by atoms with Crippen LogP contribution in [0.25, 0.3) is 120 Å². The molecule has 0 fully saturated rings. The lowest BCUT2D eigenvalue weighted by Gasteiger charge is -2.10. The van der Waals surface area contributed by atoms with Crippen LogP contribution in [0.1, 0.15) is 0 Å². The zero-order valence-electron chi connectivity index (χ0n) is 30.9. The van der Waals surface area contributed by atoms with Gasteiger partial charge >= 0.3 is 0 Å². The predicted octanol–water partition coefficient (Wildman–Crippen LogP) is 14.2. The average Bonchev–Trinajstić information content (AvgIpc) is 3.91. The van der Waals surface area contributed by atoms with E-state index in [1.165, 1.54) is 52.8 Å². The predicted molar refractivity (Wildman–Crippen MR) is 240 cm³/mol. The molecule has 9 aromatic carbocycles. The second kappa shape index (κ2) is 13.0. The molecule has 0 saturated heterocycles. The van der Waals surface area contributed by atoms with Crippen molar-refractivity contribution in [3.05, 3.63) is 182 Å². The Kier molecular flexibility index (Phi) is 7.33. The number of nitrogens with zero attached hydrogens (tertiary/aromatic N) is 4. The van der Waals surface area contributed by atoms with Crippen LogP contribution in [0.2, 0.25) is 0 Å². The lowest BCUT2D eigenvalue weighted by Crippen LogP contribution is -2.00.